The lowest BCUT2D eigenvalue weighted by Gasteiger charge is -2.20. The zero-order chi connectivity index (χ0) is 14.3. The van der Waals surface area contributed by atoms with Gasteiger partial charge in [0.25, 0.3) is 0 Å². The molecule has 1 atom stereocenters. The summed E-state index contributed by atoms with van der Waals surface area (Å²) in [5.41, 5.74) is 0. The van der Waals surface area contributed by atoms with Gasteiger partial charge in [-0.2, -0.15) is 0 Å². The fraction of sp³-hybridized carbons (Fsp3) is 0.733. The first-order valence-corrected chi connectivity index (χ1v) is 6.94. The molecule has 0 heterocycles. The van der Waals surface area contributed by atoms with E-state index in [-0.39, 0.29) is 5.92 Å². The fourth-order valence-electron chi connectivity index (χ4n) is 2.55. The number of ether oxygens (including phenoxy) is 2. The molecule has 4 heteroatoms. The van der Waals surface area contributed by atoms with Crippen LogP contribution >= 0.6 is 0 Å². The maximum Gasteiger partial charge on any atom is 0.320 e. The van der Waals surface area contributed by atoms with Gasteiger partial charge in [0.1, 0.15) is 0 Å². The number of hydrogen-bond acceptors (Lipinski definition) is 4. The molecule has 0 aromatic rings. The highest BCUT2D eigenvalue weighted by Gasteiger charge is 2.33. The van der Waals surface area contributed by atoms with Gasteiger partial charge < -0.3 is 9.47 Å². The van der Waals surface area contributed by atoms with Crippen LogP contribution in [0.4, 0.5) is 0 Å². The van der Waals surface area contributed by atoms with Crippen molar-refractivity contribution in [1.29, 1.82) is 0 Å². The van der Waals surface area contributed by atoms with Crippen LogP contribution in [-0.4, -0.2) is 26.2 Å². The van der Waals surface area contributed by atoms with E-state index >= 15 is 0 Å². The van der Waals surface area contributed by atoms with Crippen molar-refractivity contribution < 1.29 is 19.1 Å². The van der Waals surface area contributed by atoms with Gasteiger partial charge in [-0.25, -0.2) is 0 Å². The molecular weight excluding hydrogens is 244 g/mol. The van der Waals surface area contributed by atoms with Crippen molar-refractivity contribution >= 4 is 11.9 Å². The SMILES string of the molecule is COC(=O)C(C(=O)OC)C(C)/C=C/C1CCCCC1. The first-order chi connectivity index (χ1) is 9.10. The topological polar surface area (TPSA) is 52.6 Å². The molecule has 0 aromatic heterocycles. The van der Waals surface area contributed by atoms with Gasteiger partial charge >= 0.3 is 11.9 Å². The normalized spacial score (nSPS) is 18.5. The summed E-state index contributed by atoms with van der Waals surface area (Å²) in [5.74, 6) is -1.57. The van der Waals surface area contributed by atoms with Gasteiger partial charge in [-0.15, -0.1) is 0 Å². The Kier molecular flexibility index (Phi) is 6.60. The maximum atomic E-state index is 11.6. The van der Waals surface area contributed by atoms with Crippen LogP contribution in [-0.2, 0) is 19.1 Å². The van der Waals surface area contributed by atoms with Crippen LogP contribution in [0.5, 0.6) is 0 Å². The molecule has 0 spiro atoms. The van der Waals surface area contributed by atoms with E-state index in [0.717, 1.165) is 0 Å². The minimum Gasteiger partial charge on any atom is -0.468 e. The average molecular weight is 268 g/mol. The first-order valence-electron chi connectivity index (χ1n) is 6.94. The zero-order valence-electron chi connectivity index (χ0n) is 12.1. The molecule has 0 N–H and O–H groups in total. The third kappa shape index (κ3) is 4.69. The van der Waals surface area contributed by atoms with Crippen molar-refractivity contribution in [2.75, 3.05) is 14.2 Å². The van der Waals surface area contributed by atoms with E-state index in [4.69, 9.17) is 0 Å². The third-order valence-electron chi connectivity index (χ3n) is 3.77. The third-order valence-corrected chi connectivity index (χ3v) is 3.77. The lowest BCUT2D eigenvalue weighted by Crippen LogP contribution is -2.31. The molecule has 1 fully saturated rings. The molecule has 0 saturated heterocycles. The van der Waals surface area contributed by atoms with E-state index in [2.05, 4.69) is 15.5 Å². The minimum absolute atomic E-state index is 0.207. The molecule has 1 unspecified atom stereocenters. The molecule has 19 heavy (non-hydrogen) atoms. The van der Waals surface area contributed by atoms with Crippen LogP contribution in [0.2, 0.25) is 0 Å². The number of carbonyl (C=O) groups is 2. The summed E-state index contributed by atoms with van der Waals surface area (Å²) in [4.78, 5) is 23.3. The van der Waals surface area contributed by atoms with Gasteiger partial charge in [-0.3, -0.25) is 9.59 Å². The Morgan fingerprint density at radius 1 is 1.05 bits per heavy atom. The molecule has 0 bridgehead atoms. The Balaban J connectivity index is 2.64. The van der Waals surface area contributed by atoms with E-state index in [1.165, 1.54) is 46.3 Å². The number of rotatable bonds is 5. The largest absolute Gasteiger partial charge is 0.468 e. The van der Waals surface area contributed by atoms with Crippen LogP contribution < -0.4 is 0 Å². The van der Waals surface area contributed by atoms with Crippen LogP contribution in [0.25, 0.3) is 0 Å². The lowest BCUT2D eigenvalue weighted by atomic mass is 9.86. The lowest BCUT2D eigenvalue weighted by molar-refractivity contribution is -0.160. The number of hydrogen-bond donors (Lipinski definition) is 0. The minimum atomic E-state index is -0.866. The Labute approximate surface area is 115 Å². The van der Waals surface area contributed by atoms with Gasteiger partial charge in [0, 0.05) is 0 Å². The molecule has 1 saturated carbocycles. The summed E-state index contributed by atoms with van der Waals surface area (Å²) in [6, 6.07) is 0. The molecule has 0 amide bonds. The summed E-state index contributed by atoms with van der Waals surface area (Å²) in [6.45, 7) is 1.85. The van der Waals surface area contributed by atoms with Crippen molar-refractivity contribution in [1.82, 2.24) is 0 Å². The summed E-state index contributed by atoms with van der Waals surface area (Å²) >= 11 is 0. The van der Waals surface area contributed by atoms with Gasteiger partial charge in [0.15, 0.2) is 5.92 Å². The van der Waals surface area contributed by atoms with Crippen molar-refractivity contribution in [2.45, 2.75) is 39.0 Å². The highest BCUT2D eigenvalue weighted by molar-refractivity contribution is 5.95. The molecule has 1 aliphatic rings. The number of carbonyl (C=O) groups excluding carboxylic acids is 2. The summed E-state index contributed by atoms with van der Waals surface area (Å²) in [6.07, 6.45) is 10.3. The van der Waals surface area contributed by atoms with Gasteiger partial charge in [-0.05, 0) is 24.7 Å². The summed E-state index contributed by atoms with van der Waals surface area (Å²) < 4.78 is 9.35. The zero-order valence-corrected chi connectivity index (χ0v) is 12.1. The van der Waals surface area contributed by atoms with Gasteiger partial charge in [-0.1, -0.05) is 38.3 Å². The van der Waals surface area contributed by atoms with Crippen molar-refractivity contribution in [3.05, 3.63) is 12.2 Å². The first kappa shape index (κ1) is 15.7. The Morgan fingerprint density at radius 2 is 1.58 bits per heavy atom. The monoisotopic (exact) mass is 268 g/mol. The maximum absolute atomic E-state index is 11.6. The van der Waals surface area contributed by atoms with Gasteiger partial charge in [0.05, 0.1) is 14.2 Å². The predicted molar refractivity (Wildman–Crippen MR) is 72.4 cm³/mol. The number of methoxy groups -OCH3 is 2. The standard InChI is InChI=1S/C15H24O4/c1-11(9-10-12-7-5-4-6-8-12)13(14(16)18-2)15(17)19-3/h9-13H,4-8H2,1-3H3/b10-9+. The Hall–Kier alpha value is -1.32. The second-order valence-electron chi connectivity index (χ2n) is 5.17. The molecule has 4 nitrogen and oxygen atoms in total. The van der Waals surface area contributed by atoms with E-state index in [0.29, 0.717) is 5.92 Å². The number of esters is 2. The van der Waals surface area contributed by atoms with Crippen molar-refractivity contribution in [3.8, 4) is 0 Å². The van der Waals surface area contributed by atoms with Crippen LogP contribution in [0.15, 0.2) is 12.2 Å². The quantitative estimate of drug-likeness (QED) is 0.437. The average Bonchev–Trinajstić information content (AvgIpc) is 2.45. The van der Waals surface area contributed by atoms with E-state index in [1.807, 2.05) is 13.0 Å². The van der Waals surface area contributed by atoms with Crippen LogP contribution in [0.3, 0.4) is 0 Å². The fourth-order valence-corrected chi connectivity index (χ4v) is 2.55. The second-order valence-corrected chi connectivity index (χ2v) is 5.17. The highest BCUT2D eigenvalue weighted by Crippen LogP contribution is 2.26. The van der Waals surface area contributed by atoms with Crippen molar-refractivity contribution in [2.24, 2.45) is 17.8 Å². The van der Waals surface area contributed by atoms with E-state index < -0.39 is 17.9 Å². The Bertz CT molecular complexity index is 313. The summed E-state index contributed by atoms with van der Waals surface area (Å²) in [5, 5.41) is 0. The molecular formula is C15H24O4. The van der Waals surface area contributed by atoms with Crippen molar-refractivity contribution in [3.63, 3.8) is 0 Å². The van der Waals surface area contributed by atoms with Gasteiger partial charge in [0.2, 0.25) is 0 Å². The predicted octanol–water partition coefficient (Wildman–Crippen LogP) is 2.72. The second kappa shape index (κ2) is 7.97. The smallest absolute Gasteiger partial charge is 0.320 e. The number of allylic oxidation sites excluding steroid dienone is 2. The molecule has 0 radical (unpaired) electrons. The molecule has 108 valence electrons. The van der Waals surface area contributed by atoms with Crippen LogP contribution in [0, 0.1) is 17.8 Å². The Morgan fingerprint density at radius 3 is 2.05 bits per heavy atom. The molecule has 1 rings (SSSR count). The highest BCUT2D eigenvalue weighted by atomic mass is 16.5. The van der Waals surface area contributed by atoms with E-state index in [9.17, 15) is 9.59 Å². The summed E-state index contributed by atoms with van der Waals surface area (Å²) in [7, 11) is 2.58. The molecule has 0 aliphatic heterocycles. The molecule has 0 aromatic carbocycles. The van der Waals surface area contributed by atoms with Crippen LogP contribution in [0.1, 0.15) is 39.0 Å². The molecule has 1 aliphatic carbocycles. The van der Waals surface area contributed by atoms with E-state index in [1.54, 1.807) is 0 Å².